The van der Waals surface area contributed by atoms with Crippen LogP contribution in [0, 0.1) is 23.7 Å². The van der Waals surface area contributed by atoms with Gasteiger partial charge in [-0.05, 0) is 48.5 Å². The molecule has 5 N–H and O–H groups in total. The zero-order valence-corrected chi connectivity index (χ0v) is 26.5. The molecule has 5 atom stereocenters. The van der Waals surface area contributed by atoms with E-state index >= 15 is 0 Å². The summed E-state index contributed by atoms with van der Waals surface area (Å²) in [6.07, 6.45) is 1.21. The highest BCUT2D eigenvalue weighted by atomic mass is 16.2. The normalized spacial score (nSPS) is 25.0. The van der Waals surface area contributed by atoms with E-state index in [0.717, 1.165) is 5.56 Å². The molecule has 234 valence electrons. The molecule has 1 aliphatic heterocycles. The lowest BCUT2D eigenvalue weighted by molar-refractivity contribution is -0.135. The van der Waals surface area contributed by atoms with Crippen molar-refractivity contribution in [1.82, 2.24) is 26.6 Å². The average molecular weight is 586 g/mol. The van der Waals surface area contributed by atoms with Crippen molar-refractivity contribution in [2.45, 2.75) is 111 Å². The van der Waals surface area contributed by atoms with E-state index < -0.39 is 59.7 Å². The quantitative estimate of drug-likeness (QED) is 0.302. The second-order valence-corrected chi connectivity index (χ2v) is 13.1. The fourth-order valence-corrected chi connectivity index (χ4v) is 5.04. The van der Waals surface area contributed by atoms with Crippen molar-refractivity contribution in [1.29, 1.82) is 0 Å². The van der Waals surface area contributed by atoms with Crippen molar-refractivity contribution in [2.24, 2.45) is 23.7 Å². The van der Waals surface area contributed by atoms with Crippen molar-refractivity contribution in [3.8, 4) is 0 Å². The van der Waals surface area contributed by atoms with Gasteiger partial charge in [0, 0.05) is 6.42 Å². The topological polar surface area (TPSA) is 146 Å². The van der Waals surface area contributed by atoms with Crippen LogP contribution in [-0.2, 0) is 30.4 Å². The number of benzene rings is 1. The van der Waals surface area contributed by atoms with Gasteiger partial charge in [0.2, 0.25) is 29.5 Å². The molecule has 1 saturated heterocycles. The van der Waals surface area contributed by atoms with Crippen LogP contribution in [0.5, 0.6) is 0 Å². The van der Waals surface area contributed by atoms with Gasteiger partial charge in [0.05, 0.1) is 0 Å². The minimum atomic E-state index is -0.994. The summed E-state index contributed by atoms with van der Waals surface area (Å²) in [4.78, 5) is 68.0. The Morgan fingerprint density at radius 1 is 0.500 bits per heavy atom. The number of amides is 5. The van der Waals surface area contributed by atoms with Gasteiger partial charge in [0.25, 0.3) is 0 Å². The van der Waals surface area contributed by atoms with Gasteiger partial charge >= 0.3 is 0 Å². The van der Waals surface area contributed by atoms with Crippen LogP contribution in [0.3, 0.4) is 0 Å². The molecule has 10 heteroatoms. The maximum Gasteiger partial charge on any atom is 0.243 e. The Hall–Kier alpha value is -3.43. The molecule has 0 aromatic heterocycles. The molecule has 10 nitrogen and oxygen atoms in total. The summed E-state index contributed by atoms with van der Waals surface area (Å²) in [6, 6.07) is 4.61. The Balaban J connectivity index is 2.59. The SMILES string of the molecule is CC(C)C[C@@H]1NC(=O)[C@H](CC(C)C)NC(=O)[C@@H](C(C)C)NC(=O)[C@H](CC(C)C)NC(=O)[C@H](Cc2ccccc2)NC1=O. The minimum absolute atomic E-state index is 0.0595. The third-order valence-electron chi connectivity index (χ3n) is 7.18. The van der Waals surface area contributed by atoms with E-state index in [4.69, 9.17) is 0 Å². The molecule has 0 saturated carbocycles. The van der Waals surface area contributed by atoms with E-state index in [2.05, 4.69) is 26.6 Å². The largest absolute Gasteiger partial charge is 0.343 e. The Morgan fingerprint density at radius 2 is 0.857 bits per heavy atom. The number of carbonyl (C=O) groups excluding carboxylic acids is 5. The molecule has 0 unspecified atom stereocenters. The predicted octanol–water partition coefficient (Wildman–Crippen LogP) is 2.46. The fraction of sp³-hybridized carbons (Fsp3) is 0.656. The zero-order chi connectivity index (χ0) is 31.6. The van der Waals surface area contributed by atoms with Crippen molar-refractivity contribution in [3.63, 3.8) is 0 Å². The van der Waals surface area contributed by atoms with E-state index in [1.807, 2.05) is 85.7 Å². The van der Waals surface area contributed by atoms with Crippen LogP contribution in [-0.4, -0.2) is 59.7 Å². The molecule has 0 radical (unpaired) electrons. The predicted molar refractivity (Wildman–Crippen MR) is 163 cm³/mol. The number of nitrogens with one attached hydrogen (secondary N) is 5. The first-order valence-corrected chi connectivity index (χ1v) is 15.2. The summed E-state index contributed by atoms with van der Waals surface area (Å²) in [5, 5.41) is 14.2. The Labute approximate surface area is 250 Å². The number of hydrogen-bond acceptors (Lipinski definition) is 5. The molecule has 0 bridgehead atoms. The Kier molecular flexibility index (Phi) is 13.5. The number of rotatable bonds is 9. The van der Waals surface area contributed by atoms with E-state index in [-0.39, 0.29) is 30.1 Å². The second-order valence-electron chi connectivity index (χ2n) is 13.1. The molecule has 0 aliphatic carbocycles. The first-order chi connectivity index (χ1) is 19.7. The highest BCUT2D eigenvalue weighted by Gasteiger charge is 2.36. The second kappa shape index (κ2) is 16.3. The summed E-state index contributed by atoms with van der Waals surface area (Å²) < 4.78 is 0. The zero-order valence-electron chi connectivity index (χ0n) is 26.5. The summed E-state index contributed by atoms with van der Waals surface area (Å²) >= 11 is 0. The first kappa shape index (κ1) is 34.8. The minimum Gasteiger partial charge on any atom is -0.343 e. The molecule has 0 spiro atoms. The van der Waals surface area contributed by atoms with Crippen LogP contribution in [0.25, 0.3) is 0 Å². The van der Waals surface area contributed by atoms with Crippen molar-refractivity contribution in [2.75, 3.05) is 0 Å². The lowest BCUT2D eigenvalue weighted by atomic mass is 9.98. The molecule has 2 rings (SSSR count). The van der Waals surface area contributed by atoms with Gasteiger partial charge < -0.3 is 26.6 Å². The van der Waals surface area contributed by atoms with E-state index in [1.165, 1.54) is 0 Å². The molecule has 42 heavy (non-hydrogen) atoms. The molecule has 1 fully saturated rings. The Morgan fingerprint density at radius 3 is 1.26 bits per heavy atom. The van der Waals surface area contributed by atoms with Gasteiger partial charge in [0.15, 0.2) is 0 Å². The molecular formula is C32H51N5O5. The summed E-state index contributed by atoms with van der Waals surface area (Å²) in [6.45, 7) is 15.3. The molecule has 1 aliphatic rings. The molecule has 1 heterocycles. The molecular weight excluding hydrogens is 534 g/mol. The average Bonchev–Trinajstić information content (AvgIpc) is 2.89. The Bertz CT molecular complexity index is 1070. The van der Waals surface area contributed by atoms with Gasteiger partial charge in [-0.2, -0.15) is 0 Å². The van der Waals surface area contributed by atoms with Gasteiger partial charge in [-0.15, -0.1) is 0 Å². The van der Waals surface area contributed by atoms with Gasteiger partial charge in [-0.25, -0.2) is 0 Å². The maximum absolute atomic E-state index is 13.7. The lowest BCUT2D eigenvalue weighted by Gasteiger charge is -2.28. The van der Waals surface area contributed by atoms with Gasteiger partial charge in [0.1, 0.15) is 30.2 Å². The molecule has 1 aromatic carbocycles. The van der Waals surface area contributed by atoms with Crippen LogP contribution >= 0.6 is 0 Å². The molecule has 1 aromatic rings. The summed E-state index contributed by atoms with van der Waals surface area (Å²) in [7, 11) is 0. The highest BCUT2D eigenvalue weighted by Crippen LogP contribution is 2.14. The van der Waals surface area contributed by atoms with E-state index in [1.54, 1.807) is 0 Å². The van der Waals surface area contributed by atoms with Crippen molar-refractivity contribution < 1.29 is 24.0 Å². The van der Waals surface area contributed by atoms with E-state index in [9.17, 15) is 24.0 Å². The van der Waals surface area contributed by atoms with E-state index in [0.29, 0.717) is 19.3 Å². The third-order valence-corrected chi connectivity index (χ3v) is 7.18. The molecule has 5 amide bonds. The van der Waals surface area contributed by atoms with Crippen LogP contribution in [0.15, 0.2) is 30.3 Å². The van der Waals surface area contributed by atoms with Gasteiger partial charge in [-0.3, -0.25) is 24.0 Å². The smallest absolute Gasteiger partial charge is 0.243 e. The number of carbonyl (C=O) groups is 5. The number of hydrogen-bond donors (Lipinski definition) is 5. The van der Waals surface area contributed by atoms with Crippen LogP contribution in [0.1, 0.15) is 80.2 Å². The summed E-state index contributed by atoms with van der Waals surface area (Å²) in [5.41, 5.74) is 0.830. The highest BCUT2D eigenvalue weighted by molar-refractivity contribution is 5.98. The fourth-order valence-electron chi connectivity index (χ4n) is 5.04. The third kappa shape index (κ3) is 11.1. The lowest BCUT2D eigenvalue weighted by Crippen LogP contribution is -2.59. The monoisotopic (exact) mass is 585 g/mol. The first-order valence-electron chi connectivity index (χ1n) is 15.2. The maximum atomic E-state index is 13.7. The van der Waals surface area contributed by atoms with Crippen LogP contribution < -0.4 is 26.6 Å². The van der Waals surface area contributed by atoms with Crippen molar-refractivity contribution >= 4 is 29.5 Å². The van der Waals surface area contributed by atoms with Gasteiger partial charge in [-0.1, -0.05) is 85.7 Å². The van der Waals surface area contributed by atoms with Crippen molar-refractivity contribution in [3.05, 3.63) is 35.9 Å². The van der Waals surface area contributed by atoms with Crippen LogP contribution in [0.4, 0.5) is 0 Å². The van der Waals surface area contributed by atoms with Crippen LogP contribution in [0.2, 0.25) is 0 Å². The summed E-state index contributed by atoms with van der Waals surface area (Å²) in [5.74, 6) is -2.57. The standard InChI is InChI=1S/C32H51N5O5/c1-18(2)14-23-28(38)35-26(17-22-12-10-9-11-13-22)30(40)34-25(16-20(5)6)31(41)37-27(21(7)8)32(42)36-24(15-19(3)4)29(39)33-23/h9-13,18-21,23-27H,14-17H2,1-8H3,(H,33,39)(H,34,40)(H,35,38)(H,36,42)(H,37,41)/t23-,24-,25-,26-,27+/m0/s1.